The Morgan fingerprint density at radius 3 is 2.94 bits per heavy atom. The summed E-state index contributed by atoms with van der Waals surface area (Å²) in [6.45, 7) is 5.22. The Labute approximate surface area is 100.0 Å². The van der Waals surface area contributed by atoms with Crippen LogP contribution in [0.2, 0.25) is 0 Å². The summed E-state index contributed by atoms with van der Waals surface area (Å²) in [6.07, 6.45) is 0. The Morgan fingerprint density at radius 1 is 1.29 bits per heavy atom. The van der Waals surface area contributed by atoms with Gasteiger partial charge in [-0.1, -0.05) is 0 Å². The van der Waals surface area contributed by atoms with Gasteiger partial charge in [0.15, 0.2) is 0 Å². The van der Waals surface area contributed by atoms with Crippen LogP contribution in [0.25, 0.3) is 10.9 Å². The molecule has 0 spiro atoms. The molecule has 5 nitrogen and oxygen atoms in total. The number of rotatable bonds is 2. The summed E-state index contributed by atoms with van der Waals surface area (Å²) in [4.78, 5) is 2.42. The van der Waals surface area contributed by atoms with Crippen LogP contribution in [-0.2, 0) is 6.54 Å². The second kappa shape index (κ2) is 4.35. The number of fused-ring (bicyclic) bond motifs is 1. The number of H-pyrrole nitrogens is 1. The topological polar surface area (TPSA) is 70.0 Å². The molecule has 4 N–H and O–H groups in total. The van der Waals surface area contributed by atoms with Gasteiger partial charge in [0.05, 0.1) is 11.2 Å². The van der Waals surface area contributed by atoms with Crippen LogP contribution < -0.4 is 11.1 Å². The number of anilines is 1. The average molecular weight is 231 g/mol. The Hall–Kier alpha value is -1.59. The second-order valence-corrected chi connectivity index (χ2v) is 4.50. The lowest BCUT2D eigenvalue weighted by atomic mass is 10.2. The molecule has 1 aliphatic rings. The summed E-state index contributed by atoms with van der Waals surface area (Å²) >= 11 is 0. The van der Waals surface area contributed by atoms with Gasteiger partial charge in [-0.05, 0) is 18.2 Å². The molecule has 17 heavy (non-hydrogen) atoms. The maximum Gasteiger partial charge on any atom is 0.0925 e. The lowest BCUT2D eigenvalue weighted by molar-refractivity contribution is 0.231. The van der Waals surface area contributed by atoms with Crippen molar-refractivity contribution in [2.45, 2.75) is 6.54 Å². The first-order chi connectivity index (χ1) is 8.33. The molecule has 3 rings (SSSR count). The van der Waals surface area contributed by atoms with Gasteiger partial charge in [0.2, 0.25) is 0 Å². The van der Waals surface area contributed by atoms with E-state index < -0.39 is 0 Å². The van der Waals surface area contributed by atoms with Crippen molar-refractivity contribution in [1.29, 1.82) is 0 Å². The molecule has 1 aromatic carbocycles. The normalized spacial score (nSPS) is 17.6. The molecule has 1 saturated heterocycles. The van der Waals surface area contributed by atoms with Crippen molar-refractivity contribution < 1.29 is 0 Å². The van der Waals surface area contributed by atoms with E-state index in [1.165, 1.54) is 0 Å². The van der Waals surface area contributed by atoms with Crippen LogP contribution in [0.15, 0.2) is 18.2 Å². The van der Waals surface area contributed by atoms with Gasteiger partial charge >= 0.3 is 0 Å². The van der Waals surface area contributed by atoms with E-state index in [2.05, 4.69) is 20.4 Å². The monoisotopic (exact) mass is 231 g/mol. The number of nitrogens with one attached hydrogen (secondary N) is 2. The third-order valence-corrected chi connectivity index (χ3v) is 3.25. The lowest BCUT2D eigenvalue weighted by Gasteiger charge is -2.26. The largest absolute Gasteiger partial charge is 0.399 e. The lowest BCUT2D eigenvalue weighted by Crippen LogP contribution is -2.42. The number of nitrogens with two attached hydrogens (primary N) is 1. The molecule has 90 valence electrons. The van der Waals surface area contributed by atoms with Crippen molar-refractivity contribution in [3.05, 3.63) is 23.9 Å². The highest BCUT2D eigenvalue weighted by Gasteiger charge is 2.13. The van der Waals surface area contributed by atoms with Crippen molar-refractivity contribution >= 4 is 16.6 Å². The van der Waals surface area contributed by atoms with E-state index in [0.29, 0.717) is 0 Å². The van der Waals surface area contributed by atoms with Crippen LogP contribution in [-0.4, -0.2) is 41.3 Å². The van der Waals surface area contributed by atoms with Crippen LogP contribution in [0.1, 0.15) is 5.69 Å². The molecule has 0 radical (unpaired) electrons. The second-order valence-electron chi connectivity index (χ2n) is 4.50. The van der Waals surface area contributed by atoms with Crippen molar-refractivity contribution in [1.82, 2.24) is 20.4 Å². The quantitative estimate of drug-likeness (QED) is 0.660. The number of hydrogen-bond acceptors (Lipinski definition) is 4. The van der Waals surface area contributed by atoms with E-state index in [0.717, 1.165) is 55.0 Å². The number of piperazine rings is 1. The van der Waals surface area contributed by atoms with E-state index in [1.54, 1.807) is 0 Å². The molecule has 0 amide bonds. The SMILES string of the molecule is Nc1ccc2n[nH]c(CN3CCNCC3)c2c1. The van der Waals surface area contributed by atoms with Crippen LogP contribution in [0.3, 0.4) is 0 Å². The van der Waals surface area contributed by atoms with Gasteiger partial charge in [0.1, 0.15) is 0 Å². The molecule has 0 aliphatic carbocycles. The zero-order valence-electron chi connectivity index (χ0n) is 9.74. The van der Waals surface area contributed by atoms with Gasteiger partial charge in [0.25, 0.3) is 0 Å². The van der Waals surface area contributed by atoms with Crippen molar-refractivity contribution in [2.24, 2.45) is 0 Å². The fraction of sp³-hybridized carbons (Fsp3) is 0.417. The third-order valence-electron chi connectivity index (χ3n) is 3.25. The van der Waals surface area contributed by atoms with Crippen LogP contribution in [0, 0.1) is 0 Å². The summed E-state index contributed by atoms with van der Waals surface area (Å²) in [5.74, 6) is 0. The van der Waals surface area contributed by atoms with E-state index in [4.69, 9.17) is 5.73 Å². The number of aromatic nitrogens is 2. The maximum atomic E-state index is 5.82. The van der Waals surface area contributed by atoms with Gasteiger partial charge in [-0.3, -0.25) is 10.00 Å². The fourth-order valence-corrected chi connectivity index (χ4v) is 2.29. The van der Waals surface area contributed by atoms with E-state index >= 15 is 0 Å². The predicted molar refractivity (Wildman–Crippen MR) is 68.7 cm³/mol. The molecule has 0 saturated carbocycles. The van der Waals surface area contributed by atoms with Crippen LogP contribution in [0.4, 0.5) is 5.69 Å². The standard InChI is InChI=1S/C12H17N5/c13-9-1-2-11-10(7-9)12(16-15-11)8-17-5-3-14-4-6-17/h1-2,7,14H,3-6,8,13H2,(H,15,16). The van der Waals surface area contributed by atoms with E-state index in [1.807, 2.05) is 18.2 Å². The van der Waals surface area contributed by atoms with Crippen LogP contribution >= 0.6 is 0 Å². The predicted octanol–water partition coefficient (Wildman–Crippen LogP) is 0.550. The first-order valence-electron chi connectivity index (χ1n) is 5.98. The average Bonchev–Trinajstić information content (AvgIpc) is 2.73. The number of aromatic amines is 1. The van der Waals surface area contributed by atoms with Gasteiger partial charge in [-0.25, -0.2) is 0 Å². The Balaban J connectivity index is 1.86. The molecule has 2 aromatic rings. The summed E-state index contributed by atoms with van der Waals surface area (Å²) < 4.78 is 0. The first-order valence-corrected chi connectivity index (χ1v) is 5.98. The minimum Gasteiger partial charge on any atom is -0.399 e. The Bertz CT molecular complexity index is 513. The zero-order chi connectivity index (χ0) is 11.7. The highest BCUT2D eigenvalue weighted by atomic mass is 15.2. The molecule has 0 unspecified atom stereocenters. The highest BCUT2D eigenvalue weighted by molar-refractivity contribution is 5.84. The molecular weight excluding hydrogens is 214 g/mol. The summed E-state index contributed by atoms with van der Waals surface area (Å²) in [5.41, 5.74) is 8.76. The Kier molecular flexibility index (Phi) is 2.70. The Morgan fingerprint density at radius 2 is 2.12 bits per heavy atom. The number of benzene rings is 1. The molecule has 0 atom stereocenters. The zero-order valence-corrected chi connectivity index (χ0v) is 9.74. The van der Waals surface area contributed by atoms with E-state index in [9.17, 15) is 0 Å². The highest BCUT2D eigenvalue weighted by Crippen LogP contribution is 2.20. The molecule has 1 fully saturated rings. The van der Waals surface area contributed by atoms with Crippen molar-refractivity contribution in [2.75, 3.05) is 31.9 Å². The third kappa shape index (κ3) is 2.11. The molecule has 1 aliphatic heterocycles. The number of nitrogens with zero attached hydrogens (tertiary/aromatic N) is 2. The summed E-state index contributed by atoms with van der Waals surface area (Å²) in [5, 5.41) is 11.9. The fourth-order valence-electron chi connectivity index (χ4n) is 2.29. The molecular formula is C12H17N5. The van der Waals surface area contributed by atoms with Gasteiger partial charge in [0, 0.05) is 43.8 Å². The van der Waals surface area contributed by atoms with Gasteiger partial charge < -0.3 is 11.1 Å². The minimum atomic E-state index is 0.792. The minimum absolute atomic E-state index is 0.792. The summed E-state index contributed by atoms with van der Waals surface area (Å²) in [7, 11) is 0. The first kappa shape index (κ1) is 10.6. The molecule has 0 bridgehead atoms. The van der Waals surface area contributed by atoms with Crippen molar-refractivity contribution in [3.63, 3.8) is 0 Å². The maximum absolute atomic E-state index is 5.82. The van der Waals surface area contributed by atoms with Crippen LogP contribution in [0.5, 0.6) is 0 Å². The molecule has 2 heterocycles. The molecule has 1 aromatic heterocycles. The molecule has 5 heteroatoms. The smallest absolute Gasteiger partial charge is 0.0925 e. The number of nitrogen functional groups attached to an aromatic ring is 1. The van der Waals surface area contributed by atoms with Crippen molar-refractivity contribution in [3.8, 4) is 0 Å². The van der Waals surface area contributed by atoms with E-state index in [-0.39, 0.29) is 0 Å². The van der Waals surface area contributed by atoms with Gasteiger partial charge in [-0.2, -0.15) is 5.10 Å². The number of hydrogen-bond donors (Lipinski definition) is 3. The van der Waals surface area contributed by atoms with Gasteiger partial charge in [-0.15, -0.1) is 0 Å². The summed E-state index contributed by atoms with van der Waals surface area (Å²) in [6, 6.07) is 5.84.